The molecule has 0 atom stereocenters. The average Bonchev–Trinajstić information content (AvgIpc) is 2.45. The largest absolute Gasteiger partial charge is 0.397 e. The molecule has 1 aromatic heterocycles. The van der Waals surface area contributed by atoms with Crippen LogP contribution in [0.1, 0.15) is 20.3 Å². The minimum absolute atomic E-state index is 0.594. The maximum Gasteiger partial charge on any atom is 0.0951 e. The first-order chi connectivity index (χ1) is 9.59. The van der Waals surface area contributed by atoms with Crippen molar-refractivity contribution in [3.63, 3.8) is 0 Å². The van der Waals surface area contributed by atoms with Crippen LogP contribution in [0.4, 0.5) is 11.4 Å². The standard InChI is InChI=1S/C16H24N4/c1-12(2)20(3)11-5-10-18-15-8-7-14(17)16-13(15)6-4-9-19-16/h4,6-9,12,18H,5,10-11,17H2,1-3H3. The van der Waals surface area contributed by atoms with Crippen LogP contribution in [-0.4, -0.2) is 36.1 Å². The summed E-state index contributed by atoms with van der Waals surface area (Å²) >= 11 is 0. The molecule has 1 aromatic carbocycles. The van der Waals surface area contributed by atoms with Crippen molar-refractivity contribution in [2.75, 3.05) is 31.2 Å². The highest BCUT2D eigenvalue weighted by Gasteiger charge is 2.05. The van der Waals surface area contributed by atoms with Gasteiger partial charge in [-0.25, -0.2) is 0 Å². The Kier molecular flexibility index (Phi) is 4.79. The molecular formula is C16H24N4. The van der Waals surface area contributed by atoms with Gasteiger partial charge in [0.15, 0.2) is 0 Å². The third kappa shape index (κ3) is 3.39. The first-order valence-corrected chi connectivity index (χ1v) is 7.17. The van der Waals surface area contributed by atoms with Gasteiger partial charge in [-0.2, -0.15) is 0 Å². The number of anilines is 2. The molecule has 4 nitrogen and oxygen atoms in total. The highest BCUT2D eigenvalue weighted by Crippen LogP contribution is 2.26. The van der Waals surface area contributed by atoms with E-state index < -0.39 is 0 Å². The Hall–Kier alpha value is -1.81. The van der Waals surface area contributed by atoms with Crippen LogP contribution in [0.15, 0.2) is 30.5 Å². The van der Waals surface area contributed by atoms with Crippen LogP contribution >= 0.6 is 0 Å². The van der Waals surface area contributed by atoms with E-state index in [-0.39, 0.29) is 0 Å². The number of pyridine rings is 1. The summed E-state index contributed by atoms with van der Waals surface area (Å²) in [4.78, 5) is 6.70. The van der Waals surface area contributed by atoms with Crippen molar-refractivity contribution in [3.8, 4) is 0 Å². The molecule has 0 aliphatic carbocycles. The summed E-state index contributed by atoms with van der Waals surface area (Å²) in [5.41, 5.74) is 8.66. The second-order valence-corrected chi connectivity index (χ2v) is 5.46. The zero-order valence-corrected chi connectivity index (χ0v) is 12.6. The van der Waals surface area contributed by atoms with Crippen molar-refractivity contribution in [3.05, 3.63) is 30.5 Å². The van der Waals surface area contributed by atoms with Gasteiger partial charge in [-0.15, -0.1) is 0 Å². The summed E-state index contributed by atoms with van der Waals surface area (Å²) in [6, 6.07) is 8.54. The number of nitrogens with zero attached hydrogens (tertiary/aromatic N) is 2. The van der Waals surface area contributed by atoms with Crippen molar-refractivity contribution in [2.45, 2.75) is 26.3 Å². The predicted molar refractivity (Wildman–Crippen MR) is 87.0 cm³/mol. The number of nitrogens with two attached hydrogens (primary N) is 1. The number of hydrogen-bond acceptors (Lipinski definition) is 4. The Labute approximate surface area is 121 Å². The molecule has 3 N–H and O–H groups in total. The number of fused-ring (bicyclic) bond motifs is 1. The molecule has 0 spiro atoms. The lowest BCUT2D eigenvalue weighted by atomic mass is 10.1. The van der Waals surface area contributed by atoms with Crippen molar-refractivity contribution < 1.29 is 0 Å². The van der Waals surface area contributed by atoms with Crippen molar-refractivity contribution in [2.24, 2.45) is 0 Å². The predicted octanol–water partition coefficient (Wildman–Crippen LogP) is 2.96. The van der Waals surface area contributed by atoms with Gasteiger partial charge in [0.05, 0.1) is 11.2 Å². The lowest BCUT2D eigenvalue weighted by Crippen LogP contribution is -2.28. The Morgan fingerprint density at radius 2 is 2.10 bits per heavy atom. The third-order valence-electron chi connectivity index (χ3n) is 3.69. The second-order valence-electron chi connectivity index (χ2n) is 5.46. The Morgan fingerprint density at radius 3 is 2.85 bits per heavy atom. The summed E-state index contributed by atoms with van der Waals surface area (Å²) in [6.45, 7) is 6.47. The van der Waals surface area contributed by atoms with E-state index in [9.17, 15) is 0 Å². The van der Waals surface area contributed by atoms with Crippen LogP contribution in [0.3, 0.4) is 0 Å². The molecular weight excluding hydrogens is 248 g/mol. The van der Waals surface area contributed by atoms with Crippen LogP contribution in [0.2, 0.25) is 0 Å². The quantitative estimate of drug-likeness (QED) is 0.627. The van der Waals surface area contributed by atoms with E-state index in [1.165, 1.54) is 0 Å². The summed E-state index contributed by atoms with van der Waals surface area (Å²) in [5, 5.41) is 4.57. The van der Waals surface area contributed by atoms with Gasteiger partial charge in [-0.05, 0) is 58.1 Å². The number of aromatic nitrogens is 1. The molecule has 2 aromatic rings. The molecule has 0 fully saturated rings. The van der Waals surface area contributed by atoms with Gasteiger partial charge in [0, 0.05) is 29.9 Å². The number of hydrogen-bond donors (Lipinski definition) is 2. The first-order valence-electron chi connectivity index (χ1n) is 7.17. The lowest BCUT2D eigenvalue weighted by Gasteiger charge is -2.21. The minimum Gasteiger partial charge on any atom is -0.397 e. The van der Waals surface area contributed by atoms with Crippen LogP contribution < -0.4 is 11.1 Å². The molecule has 0 aliphatic rings. The maximum atomic E-state index is 5.96. The van der Waals surface area contributed by atoms with E-state index in [1.54, 1.807) is 6.20 Å². The summed E-state index contributed by atoms with van der Waals surface area (Å²) in [5.74, 6) is 0. The average molecular weight is 272 g/mol. The topological polar surface area (TPSA) is 54.2 Å². The van der Waals surface area contributed by atoms with E-state index >= 15 is 0 Å². The fourth-order valence-corrected chi connectivity index (χ4v) is 2.16. The Bertz CT molecular complexity index is 565. The Balaban J connectivity index is 1.99. The third-order valence-corrected chi connectivity index (χ3v) is 3.69. The van der Waals surface area contributed by atoms with E-state index in [0.29, 0.717) is 6.04 Å². The fourth-order valence-electron chi connectivity index (χ4n) is 2.16. The number of rotatable bonds is 6. The molecule has 1 heterocycles. The van der Waals surface area contributed by atoms with Crippen LogP contribution in [0, 0.1) is 0 Å². The maximum absolute atomic E-state index is 5.96. The van der Waals surface area contributed by atoms with Crippen molar-refractivity contribution in [1.29, 1.82) is 0 Å². The van der Waals surface area contributed by atoms with Crippen LogP contribution in [0.5, 0.6) is 0 Å². The molecule has 0 saturated carbocycles. The highest BCUT2D eigenvalue weighted by atomic mass is 15.1. The summed E-state index contributed by atoms with van der Waals surface area (Å²) in [6.07, 6.45) is 2.89. The van der Waals surface area contributed by atoms with E-state index in [0.717, 1.165) is 41.8 Å². The van der Waals surface area contributed by atoms with Gasteiger partial charge in [0.1, 0.15) is 0 Å². The monoisotopic (exact) mass is 272 g/mol. The lowest BCUT2D eigenvalue weighted by molar-refractivity contribution is 0.273. The van der Waals surface area contributed by atoms with Gasteiger partial charge < -0.3 is 16.0 Å². The molecule has 0 bridgehead atoms. The zero-order chi connectivity index (χ0) is 14.5. The van der Waals surface area contributed by atoms with Crippen molar-refractivity contribution >= 4 is 22.3 Å². The van der Waals surface area contributed by atoms with Gasteiger partial charge >= 0.3 is 0 Å². The van der Waals surface area contributed by atoms with Crippen molar-refractivity contribution in [1.82, 2.24) is 9.88 Å². The van der Waals surface area contributed by atoms with E-state index in [2.05, 4.69) is 42.2 Å². The van der Waals surface area contributed by atoms with Gasteiger partial charge in [0.2, 0.25) is 0 Å². The number of benzene rings is 1. The normalized spacial score (nSPS) is 11.4. The highest BCUT2D eigenvalue weighted by molar-refractivity contribution is 5.98. The molecule has 20 heavy (non-hydrogen) atoms. The number of nitrogens with one attached hydrogen (secondary N) is 1. The fraction of sp³-hybridized carbons (Fsp3) is 0.438. The molecule has 4 heteroatoms. The summed E-state index contributed by atoms with van der Waals surface area (Å²) in [7, 11) is 2.16. The molecule has 0 saturated heterocycles. The van der Waals surface area contributed by atoms with Gasteiger partial charge in [0.25, 0.3) is 0 Å². The second kappa shape index (κ2) is 6.57. The SMILES string of the molecule is CC(C)N(C)CCCNc1ccc(N)c2ncccc12. The smallest absolute Gasteiger partial charge is 0.0951 e. The summed E-state index contributed by atoms with van der Waals surface area (Å²) < 4.78 is 0. The molecule has 0 amide bonds. The zero-order valence-electron chi connectivity index (χ0n) is 12.6. The Morgan fingerprint density at radius 1 is 1.30 bits per heavy atom. The molecule has 0 unspecified atom stereocenters. The molecule has 0 radical (unpaired) electrons. The van der Waals surface area contributed by atoms with Crippen LogP contribution in [-0.2, 0) is 0 Å². The molecule has 2 rings (SSSR count). The first kappa shape index (κ1) is 14.6. The van der Waals surface area contributed by atoms with Gasteiger partial charge in [-0.1, -0.05) is 0 Å². The number of nitrogen functional groups attached to an aromatic ring is 1. The van der Waals surface area contributed by atoms with Gasteiger partial charge in [-0.3, -0.25) is 4.98 Å². The molecule has 108 valence electrons. The minimum atomic E-state index is 0.594. The van der Waals surface area contributed by atoms with E-state index in [1.807, 2.05) is 18.2 Å². The van der Waals surface area contributed by atoms with Crippen LogP contribution in [0.25, 0.3) is 10.9 Å². The van der Waals surface area contributed by atoms with E-state index in [4.69, 9.17) is 5.73 Å². The molecule has 0 aliphatic heterocycles.